The minimum Gasteiger partial charge on any atom is -0.396 e. The van der Waals surface area contributed by atoms with Crippen LogP contribution in [0.15, 0.2) is 6.20 Å². The molecule has 1 aromatic rings. The van der Waals surface area contributed by atoms with Crippen molar-refractivity contribution in [3.63, 3.8) is 0 Å². The Bertz CT molecular complexity index is 446. The topological polar surface area (TPSA) is 55.4 Å². The van der Waals surface area contributed by atoms with Gasteiger partial charge < -0.3 is 10.1 Å². The van der Waals surface area contributed by atoms with Gasteiger partial charge in [0.2, 0.25) is 0 Å². The fourth-order valence-corrected chi connectivity index (χ4v) is 3.43. The minimum absolute atomic E-state index is 0.276. The highest BCUT2D eigenvalue weighted by Gasteiger charge is 2.27. The van der Waals surface area contributed by atoms with Crippen LogP contribution in [0.4, 0.5) is 0 Å². The van der Waals surface area contributed by atoms with E-state index in [4.69, 9.17) is 0 Å². The highest BCUT2D eigenvalue weighted by atomic mass is 16.3. The number of hydrogen-bond acceptors (Lipinski definition) is 4. The smallest absolute Gasteiger partial charge is 0.106 e. The third-order valence-electron chi connectivity index (χ3n) is 4.59. The molecular formula is C18H34N4O. The second-order valence-electron chi connectivity index (χ2n) is 7.25. The molecule has 1 aliphatic heterocycles. The average Bonchev–Trinajstić information content (AvgIpc) is 2.95. The molecule has 5 nitrogen and oxygen atoms in total. The maximum atomic E-state index is 9.37. The number of aliphatic hydroxyl groups is 1. The van der Waals surface area contributed by atoms with Gasteiger partial charge in [-0.2, -0.15) is 0 Å². The maximum absolute atomic E-state index is 9.37. The van der Waals surface area contributed by atoms with Crippen LogP contribution < -0.4 is 0 Å². The SMILES string of the molecule is CCCCc1ncc(CN2CCN(CC(C)C)[C@H](CCO)C2)[nH]1. The molecule has 2 N–H and O–H groups in total. The van der Waals surface area contributed by atoms with E-state index in [1.165, 1.54) is 18.5 Å². The zero-order chi connectivity index (χ0) is 16.7. The summed E-state index contributed by atoms with van der Waals surface area (Å²) in [6.45, 7) is 12.3. The van der Waals surface area contributed by atoms with Crippen LogP contribution in [0.25, 0.3) is 0 Å². The lowest BCUT2D eigenvalue weighted by Crippen LogP contribution is -2.53. The lowest BCUT2D eigenvalue weighted by Gasteiger charge is -2.42. The third-order valence-corrected chi connectivity index (χ3v) is 4.59. The normalized spacial score (nSPS) is 20.5. The first-order valence-electron chi connectivity index (χ1n) is 9.22. The first-order chi connectivity index (χ1) is 11.1. The molecule has 0 aliphatic carbocycles. The van der Waals surface area contributed by atoms with E-state index in [0.29, 0.717) is 12.0 Å². The van der Waals surface area contributed by atoms with E-state index in [2.05, 4.69) is 40.5 Å². The summed E-state index contributed by atoms with van der Waals surface area (Å²) in [5.74, 6) is 1.80. The van der Waals surface area contributed by atoms with Gasteiger partial charge in [-0.1, -0.05) is 27.2 Å². The van der Waals surface area contributed by atoms with Crippen LogP contribution in [-0.4, -0.2) is 63.7 Å². The number of aryl methyl sites for hydroxylation is 1. The summed E-state index contributed by atoms with van der Waals surface area (Å²) in [5, 5.41) is 9.37. The molecule has 0 unspecified atom stereocenters. The molecule has 0 aromatic carbocycles. The third kappa shape index (κ3) is 5.90. The predicted molar refractivity (Wildman–Crippen MR) is 94.4 cm³/mol. The Balaban J connectivity index is 1.87. The number of rotatable bonds is 9. The number of aromatic amines is 1. The second kappa shape index (κ2) is 9.40. The summed E-state index contributed by atoms with van der Waals surface area (Å²) in [5.41, 5.74) is 1.22. The summed E-state index contributed by atoms with van der Waals surface area (Å²) in [6, 6.07) is 0.471. The van der Waals surface area contributed by atoms with Gasteiger partial charge in [0.25, 0.3) is 0 Å². The van der Waals surface area contributed by atoms with Gasteiger partial charge >= 0.3 is 0 Å². The fraction of sp³-hybridized carbons (Fsp3) is 0.833. The van der Waals surface area contributed by atoms with Crippen molar-refractivity contribution < 1.29 is 5.11 Å². The second-order valence-corrected chi connectivity index (χ2v) is 7.25. The Morgan fingerprint density at radius 3 is 2.91 bits per heavy atom. The molecule has 2 rings (SSSR count). The molecule has 1 atom stereocenters. The number of nitrogens with zero attached hydrogens (tertiary/aromatic N) is 3. The molecular weight excluding hydrogens is 288 g/mol. The molecule has 1 saturated heterocycles. The molecule has 1 aliphatic rings. The molecule has 0 saturated carbocycles. The summed E-state index contributed by atoms with van der Waals surface area (Å²) < 4.78 is 0. The molecule has 1 fully saturated rings. The van der Waals surface area contributed by atoms with Crippen LogP contribution in [-0.2, 0) is 13.0 Å². The summed E-state index contributed by atoms with van der Waals surface area (Å²) in [7, 11) is 0. The van der Waals surface area contributed by atoms with Crippen molar-refractivity contribution in [2.24, 2.45) is 5.92 Å². The molecule has 23 heavy (non-hydrogen) atoms. The Morgan fingerprint density at radius 1 is 1.39 bits per heavy atom. The Morgan fingerprint density at radius 2 is 2.22 bits per heavy atom. The van der Waals surface area contributed by atoms with E-state index >= 15 is 0 Å². The van der Waals surface area contributed by atoms with Gasteiger partial charge in [0, 0.05) is 63.7 Å². The monoisotopic (exact) mass is 322 g/mol. The number of piperazine rings is 1. The lowest BCUT2D eigenvalue weighted by molar-refractivity contribution is 0.0472. The van der Waals surface area contributed by atoms with Gasteiger partial charge in [-0.05, 0) is 18.8 Å². The van der Waals surface area contributed by atoms with Crippen molar-refractivity contribution in [3.8, 4) is 0 Å². The van der Waals surface area contributed by atoms with Crippen LogP contribution in [0.5, 0.6) is 0 Å². The zero-order valence-corrected chi connectivity index (χ0v) is 15.1. The summed E-state index contributed by atoms with van der Waals surface area (Å²) in [4.78, 5) is 13.0. The molecule has 0 spiro atoms. The van der Waals surface area contributed by atoms with Crippen LogP contribution in [0, 0.1) is 5.92 Å². The number of aliphatic hydroxyl groups excluding tert-OH is 1. The van der Waals surface area contributed by atoms with Crippen molar-refractivity contribution in [3.05, 3.63) is 17.7 Å². The number of H-pyrrole nitrogens is 1. The molecule has 0 amide bonds. The molecule has 1 aromatic heterocycles. The van der Waals surface area contributed by atoms with Crippen molar-refractivity contribution in [2.75, 3.05) is 32.8 Å². The molecule has 132 valence electrons. The van der Waals surface area contributed by atoms with E-state index in [-0.39, 0.29) is 6.61 Å². The van der Waals surface area contributed by atoms with Gasteiger partial charge in [0.05, 0.1) is 0 Å². The fourth-order valence-electron chi connectivity index (χ4n) is 3.43. The van der Waals surface area contributed by atoms with Gasteiger partial charge in [-0.15, -0.1) is 0 Å². The van der Waals surface area contributed by atoms with E-state index in [1.54, 1.807) is 0 Å². The highest BCUT2D eigenvalue weighted by Crippen LogP contribution is 2.17. The lowest BCUT2D eigenvalue weighted by atomic mass is 10.1. The van der Waals surface area contributed by atoms with Crippen LogP contribution in [0.1, 0.15) is 51.6 Å². The predicted octanol–water partition coefficient (Wildman–Crippen LogP) is 2.28. The summed E-state index contributed by atoms with van der Waals surface area (Å²) in [6.07, 6.45) is 6.31. The van der Waals surface area contributed by atoms with Gasteiger partial charge in [-0.3, -0.25) is 9.80 Å². The minimum atomic E-state index is 0.276. The largest absolute Gasteiger partial charge is 0.396 e. The van der Waals surface area contributed by atoms with Crippen LogP contribution >= 0.6 is 0 Å². The summed E-state index contributed by atoms with van der Waals surface area (Å²) >= 11 is 0. The Kier molecular flexibility index (Phi) is 7.53. The Labute approximate surface area is 141 Å². The molecule has 2 heterocycles. The van der Waals surface area contributed by atoms with Gasteiger partial charge in [0.15, 0.2) is 0 Å². The van der Waals surface area contributed by atoms with Crippen molar-refractivity contribution >= 4 is 0 Å². The molecule has 5 heteroatoms. The number of unbranched alkanes of at least 4 members (excludes halogenated alkanes) is 1. The molecule has 0 radical (unpaired) electrons. The highest BCUT2D eigenvalue weighted by molar-refractivity contribution is 5.02. The standard InChI is InChI=1S/C18H34N4O/c1-4-5-6-18-19-11-16(20-18)13-21-8-9-22(12-15(2)3)17(14-21)7-10-23/h11,15,17,23H,4-10,12-14H2,1-3H3,(H,19,20)/t17-/m1/s1. The van der Waals surface area contributed by atoms with Crippen LogP contribution in [0.2, 0.25) is 0 Å². The maximum Gasteiger partial charge on any atom is 0.106 e. The molecule has 0 bridgehead atoms. The zero-order valence-electron chi connectivity index (χ0n) is 15.1. The van der Waals surface area contributed by atoms with Crippen LogP contribution in [0.3, 0.4) is 0 Å². The van der Waals surface area contributed by atoms with Crippen molar-refractivity contribution in [1.82, 2.24) is 19.8 Å². The average molecular weight is 322 g/mol. The van der Waals surface area contributed by atoms with Crippen molar-refractivity contribution in [2.45, 2.75) is 59.0 Å². The van der Waals surface area contributed by atoms with Gasteiger partial charge in [-0.25, -0.2) is 4.98 Å². The number of nitrogens with one attached hydrogen (secondary N) is 1. The van der Waals surface area contributed by atoms with Crippen molar-refractivity contribution in [1.29, 1.82) is 0 Å². The Hall–Kier alpha value is -0.910. The van der Waals surface area contributed by atoms with E-state index in [0.717, 1.165) is 51.4 Å². The van der Waals surface area contributed by atoms with E-state index in [1.807, 2.05) is 6.20 Å². The first-order valence-corrected chi connectivity index (χ1v) is 9.22. The quantitative estimate of drug-likeness (QED) is 0.732. The number of aromatic nitrogens is 2. The first kappa shape index (κ1) is 18.4. The number of hydrogen-bond donors (Lipinski definition) is 2. The van der Waals surface area contributed by atoms with E-state index in [9.17, 15) is 5.11 Å². The van der Waals surface area contributed by atoms with Gasteiger partial charge in [0.1, 0.15) is 5.82 Å². The number of imidazole rings is 1. The van der Waals surface area contributed by atoms with E-state index < -0.39 is 0 Å².